The van der Waals surface area contributed by atoms with Gasteiger partial charge in [-0.2, -0.15) is 4.73 Å². The Kier molecular flexibility index (Phi) is 5.66. The molecule has 0 saturated carbocycles. The number of hydrogen-bond acceptors (Lipinski definition) is 3. The topological polar surface area (TPSA) is 40.5 Å². The van der Waals surface area contributed by atoms with E-state index >= 15 is 0 Å². The molecule has 0 aliphatic carbocycles. The summed E-state index contributed by atoms with van der Waals surface area (Å²) in [5.74, 6) is -0.438. The van der Waals surface area contributed by atoms with Gasteiger partial charge in [0.05, 0.1) is 12.8 Å². The summed E-state index contributed by atoms with van der Waals surface area (Å²) in [6.45, 7) is 0. The first kappa shape index (κ1) is 19.5. The Morgan fingerprint density at radius 3 is 1.83 bits per heavy atom. The van der Waals surface area contributed by atoms with Crippen LogP contribution in [0.2, 0.25) is 0 Å². The predicted molar refractivity (Wildman–Crippen MR) is 118 cm³/mol. The van der Waals surface area contributed by atoms with E-state index in [9.17, 15) is 4.79 Å². The van der Waals surface area contributed by atoms with E-state index < -0.39 is 5.97 Å². The van der Waals surface area contributed by atoms with E-state index in [0.29, 0.717) is 12.1 Å². The molecule has 0 fully saturated rings. The molecule has 30 heavy (non-hydrogen) atoms. The van der Waals surface area contributed by atoms with Crippen molar-refractivity contribution >= 4 is 5.97 Å². The molecular formula is C26H23NO3. The number of carbonyl (C=O) groups is 1. The van der Waals surface area contributed by atoms with E-state index in [1.165, 1.54) is 7.11 Å². The van der Waals surface area contributed by atoms with Crippen molar-refractivity contribution in [3.8, 4) is 22.4 Å². The van der Waals surface area contributed by atoms with Gasteiger partial charge >= 0.3 is 5.97 Å². The highest BCUT2D eigenvalue weighted by molar-refractivity contribution is 5.99. The summed E-state index contributed by atoms with van der Waals surface area (Å²) in [7, 11) is 2.96. The Morgan fingerprint density at radius 1 is 0.767 bits per heavy atom. The quantitative estimate of drug-likeness (QED) is 0.417. The smallest absolute Gasteiger partial charge is 0.358 e. The van der Waals surface area contributed by atoms with Crippen molar-refractivity contribution in [3.05, 3.63) is 108 Å². The molecule has 0 radical (unpaired) electrons. The molecule has 0 unspecified atom stereocenters. The van der Waals surface area contributed by atoms with Crippen molar-refractivity contribution in [2.45, 2.75) is 6.42 Å². The number of esters is 1. The van der Waals surface area contributed by atoms with Crippen LogP contribution in [0.3, 0.4) is 0 Å². The highest BCUT2D eigenvalue weighted by Gasteiger charge is 2.30. The normalized spacial score (nSPS) is 10.6. The van der Waals surface area contributed by atoms with Crippen LogP contribution in [0.1, 0.15) is 21.6 Å². The van der Waals surface area contributed by atoms with Gasteiger partial charge in [0.2, 0.25) is 0 Å². The number of ether oxygens (including phenoxy) is 1. The van der Waals surface area contributed by atoms with Gasteiger partial charge in [-0.1, -0.05) is 91.0 Å². The van der Waals surface area contributed by atoms with Crippen molar-refractivity contribution in [2.24, 2.45) is 0 Å². The number of methoxy groups -OCH3 is 1. The summed E-state index contributed by atoms with van der Waals surface area (Å²) in [5.41, 5.74) is 6.14. The summed E-state index contributed by atoms with van der Waals surface area (Å²) in [5, 5.41) is 0. The number of nitrogens with zero attached hydrogens (tertiary/aromatic N) is 1. The lowest BCUT2D eigenvalue weighted by Gasteiger charge is -2.12. The van der Waals surface area contributed by atoms with Crippen LogP contribution < -0.4 is 4.84 Å². The molecular weight excluding hydrogens is 374 g/mol. The Bertz CT molecular complexity index is 1130. The number of rotatable bonds is 6. The van der Waals surface area contributed by atoms with Gasteiger partial charge in [-0.05, 0) is 16.7 Å². The van der Waals surface area contributed by atoms with Crippen LogP contribution in [0.5, 0.6) is 0 Å². The molecule has 150 valence electrons. The molecule has 0 spiro atoms. The zero-order chi connectivity index (χ0) is 20.9. The molecule has 1 heterocycles. The zero-order valence-electron chi connectivity index (χ0n) is 17.0. The third-order valence-electron chi connectivity index (χ3n) is 5.13. The standard InChI is InChI=1S/C26H23NO3/c1-29-26(28)25-23(20-14-8-4-9-15-20)22(18-19-12-6-3-7-13-19)24(27(25)30-2)21-16-10-5-11-17-21/h3-17H,18H2,1-2H3. The van der Waals surface area contributed by atoms with Crippen molar-refractivity contribution in [2.75, 3.05) is 14.2 Å². The number of benzene rings is 3. The molecule has 0 aliphatic heterocycles. The Hall–Kier alpha value is -3.79. The zero-order valence-corrected chi connectivity index (χ0v) is 17.0. The molecule has 0 amide bonds. The van der Waals surface area contributed by atoms with Crippen molar-refractivity contribution < 1.29 is 14.4 Å². The first-order valence-corrected chi connectivity index (χ1v) is 9.79. The van der Waals surface area contributed by atoms with Gasteiger partial charge in [-0.15, -0.1) is 0 Å². The summed E-state index contributed by atoms with van der Waals surface area (Å²) in [6, 6.07) is 30.1. The molecule has 0 aliphatic rings. The van der Waals surface area contributed by atoms with Crippen LogP contribution in [-0.4, -0.2) is 24.9 Å². The average molecular weight is 397 g/mol. The van der Waals surface area contributed by atoms with Gasteiger partial charge < -0.3 is 9.57 Å². The van der Waals surface area contributed by atoms with Gasteiger partial charge in [0.15, 0.2) is 5.69 Å². The van der Waals surface area contributed by atoms with Crippen molar-refractivity contribution in [1.82, 2.24) is 4.73 Å². The third kappa shape index (κ3) is 3.60. The lowest BCUT2D eigenvalue weighted by atomic mass is 9.93. The second-order valence-corrected chi connectivity index (χ2v) is 6.91. The lowest BCUT2D eigenvalue weighted by Crippen LogP contribution is -2.17. The second-order valence-electron chi connectivity index (χ2n) is 6.91. The number of aromatic nitrogens is 1. The molecule has 4 heteroatoms. The molecule has 0 bridgehead atoms. The van der Waals surface area contributed by atoms with E-state index in [4.69, 9.17) is 9.57 Å². The molecule has 0 N–H and O–H groups in total. The van der Waals surface area contributed by atoms with E-state index in [1.54, 1.807) is 11.8 Å². The van der Waals surface area contributed by atoms with Crippen LogP contribution in [0.25, 0.3) is 22.4 Å². The largest absolute Gasteiger partial charge is 0.464 e. The molecule has 4 rings (SSSR count). The Morgan fingerprint density at radius 2 is 1.30 bits per heavy atom. The van der Waals surface area contributed by atoms with Gasteiger partial charge in [0, 0.05) is 17.5 Å². The van der Waals surface area contributed by atoms with E-state index in [1.807, 2.05) is 78.9 Å². The van der Waals surface area contributed by atoms with Crippen LogP contribution in [0, 0.1) is 0 Å². The first-order chi connectivity index (χ1) is 14.7. The summed E-state index contributed by atoms with van der Waals surface area (Å²) < 4.78 is 6.75. The van der Waals surface area contributed by atoms with Crippen molar-refractivity contribution in [1.29, 1.82) is 0 Å². The van der Waals surface area contributed by atoms with Gasteiger partial charge in [-0.25, -0.2) is 4.79 Å². The Labute approximate surface area is 176 Å². The first-order valence-electron chi connectivity index (χ1n) is 9.79. The highest BCUT2D eigenvalue weighted by atomic mass is 16.6. The maximum Gasteiger partial charge on any atom is 0.358 e. The van der Waals surface area contributed by atoms with Crippen LogP contribution in [0.15, 0.2) is 91.0 Å². The fourth-order valence-electron chi connectivity index (χ4n) is 3.84. The molecule has 0 saturated heterocycles. The summed E-state index contributed by atoms with van der Waals surface area (Å²) >= 11 is 0. The average Bonchev–Trinajstić information content (AvgIpc) is 3.14. The fraction of sp³-hybridized carbons (Fsp3) is 0.115. The van der Waals surface area contributed by atoms with E-state index in [0.717, 1.165) is 33.5 Å². The molecule has 0 atom stereocenters. The molecule has 4 nitrogen and oxygen atoms in total. The monoisotopic (exact) mass is 397 g/mol. The van der Waals surface area contributed by atoms with E-state index in [2.05, 4.69) is 12.1 Å². The van der Waals surface area contributed by atoms with E-state index in [-0.39, 0.29) is 0 Å². The summed E-state index contributed by atoms with van der Waals surface area (Å²) in [6.07, 6.45) is 0.648. The number of carbonyl (C=O) groups excluding carboxylic acids is 1. The maximum atomic E-state index is 12.9. The lowest BCUT2D eigenvalue weighted by molar-refractivity contribution is 0.0548. The molecule has 4 aromatic rings. The van der Waals surface area contributed by atoms with Crippen molar-refractivity contribution in [3.63, 3.8) is 0 Å². The van der Waals surface area contributed by atoms with Crippen LogP contribution in [0.4, 0.5) is 0 Å². The SMILES string of the molecule is COC(=O)c1c(-c2ccccc2)c(Cc2ccccc2)c(-c2ccccc2)n1OC. The second kappa shape index (κ2) is 8.70. The van der Waals surface area contributed by atoms with Gasteiger partial charge in [0.25, 0.3) is 0 Å². The maximum absolute atomic E-state index is 12.9. The number of hydrogen-bond donors (Lipinski definition) is 0. The van der Waals surface area contributed by atoms with Gasteiger partial charge in [-0.3, -0.25) is 0 Å². The van der Waals surface area contributed by atoms with Crippen LogP contribution >= 0.6 is 0 Å². The minimum Gasteiger partial charge on any atom is -0.464 e. The molecule has 1 aromatic heterocycles. The minimum atomic E-state index is -0.438. The predicted octanol–water partition coefficient (Wildman–Crippen LogP) is 5.26. The fourth-order valence-corrected chi connectivity index (χ4v) is 3.84. The summed E-state index contributed by atoms with van der Waals surface area (Å²) in [4.78, 5) is 18.7. The van der Waals surface area contributed by atoms with Crippen LogP contribution in [-0.2, 0) is 11.2 Å². The third-order valence-corrected chi connectivity index (χ3v) is 5.13. The molecule has 3 aromatic carbocycles. The highest BCUT2D eigenvalue weighted by Crippen LogP contribution is 2.39. The Balaban J connectivity index is 2.08. The minimum absolute atomic E-state index is 0.385. The van der Waals surface area contributed by atoms with Gasteiger partial charge in [0.1, 0.15) is 7.11 Å².